The molecule has 220 valence electrons. The van der Waals surface area contributed by atoms with Crippen LogP contribution in [-0.4, -0.2) is 29.5 Å². The molecule has 0 fully saturated rings. The molecule has 0 spiro atoms. The molecule has 1 aromatic heterocycles. The van der Waals surface area contributed by atoms with Gasteiger partial charge in [-0.1, -0.05) is 30.3 Å². The number of carbonyl (C=O) groups is 1. The first-order chi connectivity index (χ1) is 19.7. The zero-order chi connectivity index (χ0) is 30.6. The van der Waals surface area contributed by atoms with E-state index in [-0.39, 0.29) is 23.2 Å². The second-order valence-corrected chi connectivity index (χ2v) is 10.4. The first-order valence-electron chi connectivity index (χ1n) is 13.1. The Balaban J connectivity index is 1.70. The summed E-state index contributed by atoms with van der Waals surface area (Å²) in [6, 6.07) is 13.2. The van der Waals surface area contributed by atoms with Crippen molar-refractivity contribution in [2.75, 3.05) is 14.2 Å². The molecule has 0 saturated heterocycles. The standard InChI is InChI=1S/C31H26F6N2O3/c1-17-10-11-19-6-5-9-24-25(20-7-4-8-23(14-20)42-3)26(29(41)39(17)27(19)24)28(40)38(2)16-18-12-21(30(32,33)34)15-22(13-18)31(35,36)37/h4-9,12-15,17H,10-11,16H2,1-3H3. The molecule has 4 aromatic rings. The molecule has 11 heteroatoms. The molecule has 1 unspecified atom stereocenters. The predicted octanol–water partition coefficient (Wildman–Crippen LogP) is 7.49. The summed E-state index contributed by atoms with van der Waals surface area (Å²) >= 11 is 0. The van der Waals surface area contributed by atoms with E-state index in [1.54, 1.807) is 34.9 Å². The minimum atomic E-state index is -5.04. The Hall–Kier alpha value is -4.28. The van der Waals surface area contributed by atoms with E-state index < -0.39 is 41.5 Å². The number of amides is 1. The van der Waals surface area contributed by atoms with E-state index in [1.165, 1.54) is 14.2 Å². The van der Waals surface area contributed by atoms with E-state index in [0.29, 0.717) is 46.3 Å². The van der Waals surface area contributed by atoms with Crippen LogP contribution in [0.3, 0.4) is 0 Å². The van der Waals surface area contributed by atoms with Gasteiger partial charge in [0.25, 0.3) is 11.5 Å². The molecular weight excluding hydrogens is 562 g/mol. The molecule has 1 atom stereocenters. The van der Waals surface area contributed by atoms with E-state index in [4.69, 9.17) is 4.74 Å². The lowest BCUT2D eigenvalue weighted by atomic mass is 9.89. The fourth-order valence-corrected chi connectivity index (χ4v) is 5.58. The highest BCUT2D eigenvalue weighted by molar-refractivity contribution is 6.09. The smallest absolute Gasteiger partial charge is 0.416 e. The quantitative estimate of drug-likeness (QED) is 0.227. The molecule has 0 aliphatic carbocycles. The van der Waals surface area contributed by atoms with Crippen LogP contribution in [0.4, 0.5) is 26.3 Å². The molecule has 0 saturated carbocycles. The van der Waals surface area contributed by atoms with Crippen molar-refractivity contribution in [3.63, 3.8) is 0 Å². The second-order valence-electron chi connectivity index (χ2n) is 10.4. The molecule has 0 radical (unpaired) electrons. The van der Waals surface area contributed by atoms with Gasteiger partial charge in [0, 0.05) is 30.6 Å². The van der Waals surface area contributed by atoms with Crippen molar-refractivity contribution in [3.05, 3.63) is 98.8 Å². The van der Waals surface area contributed by atoms with Crippen molar-refractivity contribution in [1.82, 2.24) is 9.47 Å². The minimum absolute atomic E-state index is 0.0334. The van der Waals surface area contributed by atoms with Crippen molar-refractivity contribution in [1.29, 1.82) is 0 Å². The van der Waals surface area contributed by atoms with Crippen LogP contribution in [0, 0.1) is 0 Å². The van der Waals surface area contributed by atoms with Gasteiger partial charge >= 0.3 is 12.4 Å². The van der Waals surface area contributed by atoms with Gasteiger partial charge in [-0.15, -0.1) is 0 Å². The number of carbonyl (C=O) groups excluding carboxylic acids is 1. The first kappa shape index (κ1) is 29.2. The van der Waals surface area contributed by atoms with Crippen molar-refractivity contribution >= 4 is 16.8 Å². The number of aryl methyl sites for hydroxylation is 1. The molecule has 1 aliphatic rings. The molecule has 1 aliphatic heterocycles. The van der Waals surface area contributed by atoms with E-state index in [9.17, 15) is 35.9 Å². The molecule has 2 heterocycles. The Morgan fingerprint density at radius 1 is 0.976 bits per heavy atom. The summed E-state index contributed by atoms with van der Waals surface area (Å²) in [5, 5.41) is 0.627. The van der Waals surface area contributed by atoms with Crippen molar-refractivity contribution in [3.8, 4) is 16.9 Å². The minimum Gasteiger partial charge on any atom is -0.497 e. The lowest BCUT2D eigenvalue weighted by Gasteiger charge is -2.29. The Morgan fingerprint density at radius 3 is 2.24 bits per heavy atom. The highest BCUT2D eigenvalue weighted by atomic mass is 19.4. The Bertz CT molecular complexity index is 1720. The van der Waals surface area contributed by atoms with Crippen LogP contribution in [0.1, 0.15) is 52.0 Å². The van der Waals surface area contributed by atoms with Crippen LogP contribution in [0.15, 0.2) is 65.5 Å². The second kappa shape index (κ2) is 10.5. The van der Waals surface area contributed by atoms with E-state index in [0.717, 1.165) is 16.9 Å². The molecule has 3 aromatic carbocycles. The zero-order valence-corrected chi connectivity index (χ0v) is 22.9. The predicted molar refractivity (Wildman–Crippen MR) is 145 cm³/mol. The van der Waals surface area contributed by atoms with Gasteiger partial charge < -0.3 is 14.2 Å². The molecule has 0 bridgehead atoms. The monoisotopic (exact) mass is 588 g/mol. The number of methoxy groups -OCH3 is 1. The molecule has 0 N–H and O–H groups in total. The maximum absolute atomic E-state index is 14.1. The summed E-state index contributed by atoms with van der Waals surface area (Å²) in [5.41, 5.74) is -1.72. The average molecular weight is 589 g/mol. The number of nitrogens with zero attached hydrogens (tertiary/aromatic N) is 2. The normalized spacial score (nSPS) is 15.1. The summed E-state index contributed by atoms with van der Waals surface area (Å²) in [6.07, 6.45) is -8.70. The van der Waals surface area contributed by atoms with Gasteiger partial charge in [0.15, 0.2) is 0 Å². The first-order valence-corrected chi connectivity index (χ1v) is 13.1. The number of halogens is 6. The number of rotatable bonds is 5. The lowest BCUT2D eigenvalue weighted by Crippen LogP contribution is -2.37. The van der Waals surface area contributed by atoms with E-state index in [2.05, 4.69) is 0 Å². The third kappa shape index (κ3) is 5.23. The number of hydrogen-bond donors (Lipinski definition) is 0. The summed E-state index contributed by atoms with van der Waals surface area (Å²) < 4.78 is 87.7. The summed E-state index contributed by atoms with van der Waals surface area (Å²) in [4.78, 5) is 29.1. The molecule has 5 rings (SSSR count). The van der Waals surface area contributed by atoms with Gasteiger partial charge in [-0.3, -0.25) is 9.59 Å². The third-order valence-corrected chi connectivity index (χ3v) is 7.57. The topological polar surface area (TPSA) is 51.5 Å². The van der Waals surface area contributed by atoms with Crippen LogP contribution >= 0.6 is 0 Å². The van der Waals surface area contributed by atoms with Crippen molar-refractivity contribution in [2.24, 2.45) is 0 Å². The van der Waals surface area contributed by atoms with Crippen LogP contribution in [0.5, 0.6) is 5.75 Å². The van der Waals surface area contributed by atoms with Gasteiger partial charge in [0.05, 0.1) is 23.8 Å². The molecular formula is C31H26F6N2O3. The van der Waals surface area contributed by atoms with Gasteiger partial charge in [-0.25, -0.2) is 0 Å². The Labute approximate surface area is 236 Å². The summed E-state index contributed by atoms with van der Waals surface area (Å²) in [7, 11) is 2.71. The maximum atomic E-state index is 14.1. The fourth-order valence-electron chi connectivity index (χ4n) is 5.58. The Kier molecular flexibility index (Phi) is 7.32. The van der Waals surface area contributed by atoms with Gasteiger partial charge in [0.1, 0.15) is 11.3 Å². The van der Waals surface area contributed by atoms with Crippen molar-refractivity contribution in [2.45, 2.75) is 44.7 Å². The third-order valence-electron chi connectivity index (χ3n) is 7.57. The molecule has 42 heavy (non-hydrogen) atoms. The number of aromatic nitrogens is 1. The van der Waals surface area contributed by atoms with Gasteiger partial charge in [-0.05, 0) is 66.8 Å². The van der Waals surface area contributed by atoms with E-state index in [1.807, 2.05) is 19.1 Å². The van der Waals surface area contributed by atoms with Gasteiger partial charge in [-0.2, -0.15) is 26.3 Å². The lowest BCUT2D eigenvalue weighted by molar-refractivity contribution is -0.143. The van der Waals surface area contributed by atoms with Crippen LogP contribution in [0.2, 0.25) is 0 Å². The number of hydrogen-bond acceptors (Lipinski definition) is 3. The maximum Gasteiger partial charge on any atom is 0.416 e. The highest BCUT2D eigenvalue weighted by Crippen LogP contribution is 2.39. The zero-order valence-electron chi connectivity index (χ0n) is 22.9. The number of ether oxygens (including phenoxy) is 1. The van der Waals surface area contributed by atoms with Crippen LogP contribution in [-0.2, 0) is 25.3 Å². The molecule has 5 nitrogen and oxygen atoms in total. The largest absolute Gasteiger partial charge is 0.497 e. The number of benzene rings is 3. The Morgan fingerprint density at radius 2 is 1.62 bits per heavy atom. The summed E-state index contributed by atoms with van der Waals surface area (Å²) in [5.74, 6) is -0.366. The fraction of sp³-hybridized carbons (Fsp3) is 0.290. The SMILES string of the molecule is COc1cccc(-c2c(C(=O)N(C)Cc3cc(C(F)(F)F)cc(C(F)(F)F)c3)c(=O)n3c4c(cccc24)CCC3C)c1. The van der Waals surface area contributed by atoms with Crippen LogP contribution in [0.25, 0.3) is 22.0 Å². The van der Waals surface area contributed by atoms with Crippen molar-refractivity contribution < 1.29 is 35.9 Å². The summed E-state index contributed by atoms with van der Waals surface area (Å²) in [6.45, 7) is 1.26. The average Bonchev–Trinajstić information content (AvgIpc) is 2.93. The van der Waals surface area contributed by atoms with Crippen LogP contribution < -0.4 is 10.3 Å². The number of pyridine rings is 1. The highest BCUT2D eigenvalue weighted by Gasteiger charge is 2.37. The van der Waals surface area contributed by atoms with E-state index >= 15 is 0 Å². The number of para-hydroxylation sites is 1. The molecule has 1 amide bonds. The van der Waals surface area contributed by atoms with Gasteiger partial charge in [0.2, 0.25) is 0 Å². The number of alkyl halides is 6.